The van der Waals surface area contributed by atoms with Crippen molar-refractivity contribution in [3.63, 3.8) is 0 Å². The van der Waals surface area contributed by atoms with Crippen LogP contribution in [0.4, 0.5) is 10.2 Å². The van der Waals surface area contributed by atoms with E-state index in [1.165, 1.54) is 17.8 Å². The summed E-state index contributed by atoms with van der Waals surface area (Å²) in [5.74, 6) is 1.58. The summed E-state index contributed by atoms with van der Waals surface area (Å²) >= 11 is 0. The second-order valence-electron chi connectivity index (χ2n) is 12.9. The largest absolute Gasteiger partial charge is 0.464 e. The molecule has 3 heterocycles. The van der Waals surface area contributed by atoms with Gasteiger partial charge in [0.1, 0.15) is 30.7 Å². The molecule has 3 aromatic rings. The van der Waals surface area contributed by atoms with Gasteiger partial charge in [-0.3, -0.25) is 18.7 Å². The summed E-state index contributed by atoms with van der Waals surface area (Å²) in [5, 5.41) is 2.66. The fourth-order valence-corrected chi connectivity index (χ4v) is 7.29. The number of carbonyl (C=O) groups is 2. The standard InChI is InChI=1S/C36H50FN6O8P/c1-6-10-11-12-13-17-20-30(44)49-28-21-29(43-24-39-31-32(38)40-35(37)41-33(31)43)50-36(28,9-4)23-48-52(46,51-27-18-15-14-16-19-27)42-25(5)34(45)47-22-26(7-2)8-3/h4,14-16,18-19,24-26,28-29H,6-8,10-13,17,20-23H2,1-3,5H3,(H,42,46)(H2,38,40,41)/t25?,28-,29+,36+,52-/m0/s1. The molecule has 0 spiro atoms. The molecule has 0 radical (unpaired) electrons. The van der Waals surface area contributed by atoms with Crippen LogP contribution >= 0.6 is 7.75 Å². The molecule has 1 aliphatic rings. The fourth-order valence-electron chi connectivity index (χ4n) is 5.77. The minimum absolute atomic E-state index is 0.0250. The summed E-state index contributed by atoms with van der Waals surface area (Å²) in [7, 11) is -4.42. The summed E-state index contributed by atoms with van der Waals surface area (Å²) < 4.78 is 59.7. The Labute approximate surface area is 304 Å². The number of benzene rings is 1. The maximum atomic E-state index is 14.4. The van der Waals surface area contributed by atoms with Crippen LogP contribution in [0.1, 0.15) is 98.1 Å². The first kappa shape index (κ1) is 40.7. The summed E-state index contributed by atoms with van der Waals surface area (Å²) in [4.78, 5) is 37.7. The molecule has 4 rings (SSSR count). The second-order valence-corrected chi connectivity index (χ2v) is 14.6. The molecule has 5 atom stereocenters. The van der Waals surface area contributed by atoms with Gasteiger partial charge in [0.2, 0.25) is 0 Å². The van der Waals surface area contributed by atoms with E-state index < -0.39 is 56.3 Å². The van der Waals surface area contributed by atoms with Crippen LogP contribution < -0.4 is 15.3 Å². The minimum atomic E-state index is -4.42. The number of nitrogens with one attached hydrogen (secondary N) is 1. The first-order valence-electron chi connectivity index (χ1n) is 17.9. The molecule has 14 nitrogen and oxygen atoms in total. The van der Waals surface area contributed by atoms with Crippen molar-refractivity contribution in [2.75, 3.05) is 18.9 Å². The van der Waals surface area contributed by atoms with E-state index in [0.29, 0.717) is 6.42 Å². The molecule has 1 unspecified atom stereocenters. The number of rotatable bonds is 21. The molecular formula is C36H50FN6O8P. The Kier molecular flexibility index (Phi) is 15.0. The molecule has 0 bridgehead atoms. The van der Waals surface area contributed by atoms with Crippen LogP contribution in [0.5, 0.6) is 5.75 Å². The fraction of sp³-hybridized carbons (Fsp3) is 0.583. The molecule has 3 N–H and O–H groups in total. The molecule has 2 aromatic heterocycles. The molecule has 1 aliphatic heterocycles. The van der Waals surface area contributed by atoms with Crippen molar-refractivity contribution in [1.29, 1.82) is 0 Å². The number of ether oxygens (including phenoxy) is 3. The van der Waals surface area contributed by atoms with E-state index in [2.05, 4.69) is 32.9 Å². The Morgan fingerprint density at radius 1 is 1.15 bits per heavy atom. The van der Waals surface area contributed by atoms with Crippen LogP contribution in [0.25, 0.3) is 11.2 Å². The Hall–Kier alpha value is -4.09. The van der Waals surface area contributed by atoms with Crippen LogP contribution in [0.3, 0.4) is 0 Å². The maximum Gasteiger partial charge on any atom is 0.459 e. The number of esters is 2. The molecule has 1 aromatic carbocycles. The number of hydrogen-bond donors (Lipinski definition) is 2. The summed E-state index contributed by atoms with van der Waals surface area (Å²) in [5.41, 5.74) is 4.21. The molecular weight excluding hydrogens is 694 g/mol. The highest BCUT2D eigenvalue weighted by Gasteiger charge is 2.53. The zero-order valence-corrected chi connectivity index (χ0v) is 31.2. The third kappa shape index (κ3) is 10.7. The van der Waals surface area contributed by atoms with Gasteiger partial charge in [-0.1, -0.05) is 89.8 Å². The van der Waals surface area contributed by atoms with E-state index in [1.54, 1.807) is 30.3 Å². The average molecular weight is 745 g/mol. The van der Waals surface area contributed by atoms with Gasteiger partial charge >= 0.3 is 25.8 Å². The lowest BCUT2D eigenvalue weighted by molar-refractivity contribution is -0.158. The normalized spacial score (nSPS) is 20.3. The van der Waals surface area contributed by atoms with Gasteiger partial charge < -0.3 is 24.5 Å². The Morgan fingerprint density at radius 2 is 1.87 bits per heavy atom. The smallest absolute Gasteiger partial charge is 0.459 e. The number of aromatic nitrogens is 4. The van der Waals surface area contributed by atoms with Gasteiger partial charge in [-0.2, -0.15) is 19.4 Å². The number of terminal acetylenes is 1. The first-order chi connectivity index (χ1) is 25.0. The Bertz CT molecular complexity index is 1720. The van der Waals surface area contributed by atoms with Crippen LogP contribution in [0.15, 0.2) is 36.7 Å². The number of para-hydroxylation sites is 1. The Morgan fingerprint density at radius 3 is 2.56 bits per heavy atom. The molecule has 1 fully saturated rings. The molecule has 284 valence electrons. The predicted octanol–water partition coefficient (Wildman–Crippen LogP) is 6.66. The van der Waals surface area contributed by atoms with E-state index in [-0.39, 0.29) is 48.1 Å². The summed E-state index contributed by atoms with van der Waals surface area (Å²) in [6.07, 6.45) is 11.8. The van der Waals surface area contributed by atoms with E-state index in [0.717, 1.165) is 44.9 Å². The highest BCUT2D eigenvalue weighted by atomic mass is 31.2. The third-order valence-corrected chi connectivity index (χ3v) is 10.6. The molecule has 1 saturated heterocycles. The number of nitrogens with zero attached hydrogens (tertiary/aromatic N) is 4. The zero-order valence-electron chi connectivity index (χ0n) is 30.3. The average Bonchev–Trinajstić information content (AvgIpc) is 3.71. The van der Waals surface area contributed by atoms with Gasteiger partial charge in [-0.15, -0.1) is 6.42 Å². The SMILES string of the molecule is C#C[C@]1(CO[P@@](=O)(NC(C)C(=O)OCC(CC)CC)Oc2ccccc2)O[C@@H](n2cnc3c(N)nc(F)nc32)C[C@@H]1OC(=O)CCCCCCCC. The van der Waals surface area contributed by atoms with Crippen LogP contribution in [0, 0.1) is 24.3 Å². The van der Waals surface area contributed by atoms with E-state index >= 15 is 0 Å². The number of hydrogen-bond acceptors (Lipinski definition) is 12. The number of halogens is 1. The van der Waals surface area contributed by atoms with Crippen LogP contribution in [-0.4, -0.2) is 62.4 Å². The summed E-state index contributed by atoms with van der Waals surface area (Å²) in [6, 6.07) is 7.11. The van der Waals surface area contributed by atoms with Crippen molar-refractivity contribution in [3.8, 4) is 18.1 Å². The zero-order chi connectivity index (χ0) is 37.7. The number of carbonyl (C=O) groups excluding carboxylic acids is 2. The van der Waals surface area contributed by atoms with Gasteiger partial charge in [0.25, 0.3) is 0 Å². The lowest BCUT2D eigenvalue weighted by Crippen LogP contribution is -2.45. The molecule has 52 heavy (non-hydrogen) atoms. The second kappa shape index (κ2) is 19.1. The predicted molar refractivity (Wildman–Crippen MR) is 192 cm³/mol. The van der Waals surface area contributed by atoms with Crippen molar-refractivity contribution < 1.29 is 41.8 Å². The summed E-state index contributed by atoms with van der Waals surface area (Å²) in [6.45, 7) is 7.21. The molecule has 0 aliphatic carbocycles. The van der Waals surface area contributed by atoms with E-state index in [1.807, 2.05) is 13.8 Å². The van der Waals surface area contributed by atoms with Crippen molar-refractivity contribution >= 4 is 36.7 Å². The van der Waals surface area contributed by atoms with Crippen molar-refractivity contribution in [1.82, 2.24) is 24.6 Å². The molecule has 0 amide bonds. The lowest BCUT2D eigenvalue weighted by Gasteiger charge is -2.31. The number of fused-ring (bicyclic) bond motifs is 1. The lowest BCUT2D eigenvalue weighted by atomic mass is 9.98. The third-order valence-electron chi connectivity index (χ3n) is 9.01. The number of nitrogens with two attached hydrogens (primary N) is 1. The Balaban J connectivity index is 1.59. The highest BCUT2D eigenvalue weighted by molar-refractivity contribution is 7.52. The number of nitrogen functional groups attached to an aromatic ring is 1. The van der Waals surface area contributed by atoms with Gasteiger partial charge in [0.15, 0.2) is 22.6 Å². The van der Waals surface area contributed by atoms with Gasteiger partial charge in [-0.25, -0.2) is 9.55 Å². The van der Waals surface area contributed by atoms with Crippen LogP contribution in [-0.2, 0) is 32.9 Å². The number of imidazole rings is 1. The number of unbranched alkanes of at least 4 members (excludes halogenated alkanes) is 5. The van der Waals surface area contributed by atoms with Crippen LogP contribution in [0.2, 0.25) is 0 Å². The first-order valence-corrected chi connectivity index (χ1v) is 19.4. The van der Waals surface area contributed by atoms with Crippen molar-refractivity contribution in [2.45, 2.75) is 116 Å². The molecule has 0 saturated carbocycles. The maximum absolute atomic E-state index is 14.4. The van der Waals surface area contributed by atoms with E-state index in [9.17, 15) is 18.5 Å². The topological polar surface area (TPSA) is 179 Å². The van der Waals surface area contributed by atoms with Gasteiger partial charge in [0.05, 0.1) is 12.9 Å². The van der Waals surface area contributed by atoms with Crippen molar-refractivity contribution in [3.05, 3.63) is 42.7 Å². The minimum Gasteiger partial charge on any atom is -0.464 e. The van der Waals surface area contributed by atoms with Gasteiger partial charge in [-0.05, 0) is 31.4 Å². The highest BCUT2D eigenvalue weighted by Crippen LogP contribution is 2.48. The molecule has 16 heteroatoms. The monoisotopic (exact) mass is 744 g/mol. The number of anilines is 1. The van der Waals surface area contributed by atoms with Crippen molar-refractivity contribution in [2.24, 2.45) is 5.92 Å². The van der Waals surface area contributed by atoms with Gasteiger partial charge in [0, 0.05) is 12.8 Å². The quantitative estimate of drug-likeness (QED) is 0.0389. The van der Waals surface area contributed by atoms with E-state index in [4.69, 9.17) is 35.4 Å².